The molecular weight excluding hydrogens is 296 g/mol. The lowest BCUT2D eigenvalue weighted by Crippen LogP contribution is -2.10. The smallest absolute Gasteiger partial charge is 0.265 e. The van der Waals surface area contributed by atoms with Gasteiger partial charge in [0.25, 0.3) is 5.91 Å². The van der Waals surface area contributed by atoms with E-state index < -0.39 is 0 Å². The quantitative estimate of drug-likeness (QED) is 0.807. The Morgan fingerprint density at radius 2 is 2.14 bits per heavy atom. The first-order valence-electron chi connectivity index (χ1n) is 6.79. The molecule has 0 aliphatic rings. The number of nitriles is 1. The fourth-order valence-corrected chi connectivity index (χ4v) is 3.33. The number of aryl methyl sites for hydroxylation is 2. The molecule has 0 saturated heterocycles. The Morgan fingerprint density at radius 3 is 2.77 bits per heavy atom. The Morgan fingerprint density at radius 1 is 1.41 bits per heavy atom. The largest absolute Gasteiger partial charge is 0.321 e. The minimum absolute atomic E-state index is 0.131. The average Bonchev–Trinajstić information content (AvgIpc) is 3.04. The number of thiophene rings is 1. The highest BCUT2D eigenvalue weighted by molar-refractivity contribution is 7.20. The van der Waals surface area contributed by atoms with Crippen molar-refractivity contribution < 1.29 is 4.79 Å². The van der Waals surface area contributed by atoms with E-state index in [1.165, 1.54) is 11.3 Å². The number of aromatic nitrogens is 2. The van der Waals surface area contributed by atoms with Crippen LogP contribution in [-0.4, -0.2) is 15.7 Å². The molecule has 110 valence electrons. The van der Waals surface area contributed by atoms with E-state index >= 15 is 0 Å². The zero-order chi connectivity index (χ0) is 15.7. The highest BCUT2D eigenvalue weighted by atomic mass is 32.1. The van der Waals surface area contributed by atoms with Crippen LogP contribution in [0.4, 0.5) is 5.69 Å². The number of nitrogens with zero attached hydrogens (tertiary/aromatic N) is 3. The van der Waals surface area contributed by atoms with Crippen LogP contribution in [0.15, 0.2) is 30.3 Å². The number of hydrogen-bond donors (Lipinski definition) is 1. The van der Waals surface area contributed by atoms with Gasteiger partial charge in [0, 0.05) is 18.1 Å². The molecule has 0 radical (unpaired) electrons. The van der Waals surface area contributed by atoms with Gasteiger partial charge in [0.2, 0.25) is 0 Å². The summed E-state index contributed by atoms with van der Waals surface area (Å²) in [6.45, 7) is 1.94. The van der Waals surface area contributed by atoms with Crippen LogP contribution in [0.25, 0.3) is 10.2 Å². The molecule has 3 rings (SSSR count). The molecule has 3 aromatic rings. The van der Waals surface area contributed by atoms with Crippen LogP contribution in [0.3, 0.4) is 0 Å². The molecule has 2 heterocycles. The van der Waals surface area contributed by atoms with Crippen molar-refractivity contribution >= 4 is 33.1 Å². The Hall–Kier alpha value is -2.65. The van der Waals surface area contributed by atoms with Gasteiger partial charge in [-0.05, 0) is 30.7 Å². The van der Waals surface area contributed by atoms with Crippen molar-refractivity contribution in [1.29, 1.82) is 5.26 Å². The molecule has 1 aromatic carbocycles. The molecule has 2 aromatic heterocycles. The van der Waals surface area contributed by atoms with E-state index in [1.807, 2.05) is 44.3 Å². The third-order valence-corrected chi connectivity index (χ3v) is 4.62. The molecule has 22 heavy (non-hydrogen) atoms. The molecule has 0 bridgehead atoms. The molecule has 0 unspecified atom stereocenters. The van der Waals surface area contributed by atoms with Crippen LogP contribution in [0.2, 0.25) is 0 Å². The maximum absolute atomic E-state index is 12.3. The zero-order valence-electron chi connectivity index (χ0n) is 12.3. The van der Waals surface area contributed by atoms with Gasteiger partial charge in [-0.25, -0.2) is 0 Å². The second kappa shape index (κ2) is 5.62. The number of hydrogen-bond acceptors (Lipinski definition) is 4. The highest BCUT2D eigenvalue weighted by Gasteiger charge is 2.15. The molecule has 1 amide bonds. The monoisotopic (exact) mass is 310 g/mol. The average molecular weight is 310 g/mol. The Labute approximate surface area is 131 Å². The maximum atomic E-state index is 12.3. The number of carbonyl (C=O) groups excluding carboxylic acids is 1. The summed E-state index contributed by atoms with van der Waals surface area (Å²) in [5.74, 6) is -0.131. The predicted octanol–water partition coefficient (Wildman–Crippen LogP) is 3.26. The van der Waals surface area contributed by atoms with E-state index in [0.29, 0.717) is 11.3 Å². The topological polar surface area (TPSA) is 70.7 Å². The van der Waals surface area contributed by atoms with Crippen molar-refractivity contribution in [3.63, 3.8) is 0 Å². The molecule has 0 aliphatic heterocycles. The third-order valence-electron chi connectivity index (χ3n) is 3.41. The van der Waals surface area contributed by atoms with Gasteiger partial charge < -0.3 is 5.32 Å². The fraction of sp³-hybridized carbons (Fsp3) is 0.188. The SMILES string of the molecule is Cc1nn(C)c2sc(C(=O)Nc3ccc(CC#N)cc3)cc12. The van der Waals surface area contributed by atoms with Gasteiger partial charge in [-0.2, -0.15) is 10.4 Å². The van der Waals surface area contributed by atoms with Gasteiger partial charge in [-0.3, -0.25) is 9.48 Å². The molecule has 5 nitrogen and oxygen atoms in total. The lowest BCUT2D eigenvalue weighted by molar-refractivity contribution is 0.103. The zero-order valence-corrected chi connectivity index (χ0v) is 13.1. The number of rotatable bonds is 3. The van der Waals surface area contributed by atoms with Crippen LogP contribution in [0.5, 0.6) is 0 Å². The summed E-state index contributed by atoms with van der Waals surface area (Å²) in [6, 6.07) is 11.3. The van der Waals surface area contributed by atoms with Crippen molar-refractivity contribution in [3.8, 4) is 6.07 Å². The van der Waals surface area contributed by atoms with E-state index in [-0.39, 0.29) is 5.91 Å². The van der Waals surface area contributed by atoms with Gasteiger partial charge in [-0.15, -0.1) is 11.3 Å². The lowest BCUT2D eigenvalue weighted by Gasteiger charge is -2.04. The number of nitrogens with one attached hydrogen (secondary N) is 1. The summed E-state index contributed by atoms with van der Waals surface area (Å²) >= 11 is 1.43. The van der Waals surface area contributed by atoms with E-state index in [4.69, 9.17) is 5.26 Å². The summed E-state index contributed by atoms with van der Waals surface area (Å²) in [7, 11) is 1.88. The third kappa shape index (κ3) is 2.59. The molecule has 0 fully saturated rings. The molecule has 0 saturated carbocycles. The van der Waals surface area contributed by atoms with E-state index in [9.17, 15) is 4.79 Å². The van der Waals surface area contributed by atoms with Crippen LogP contribution in [0.1, 0.15) is 20.9 Å². The fourth-order valence-electron chi connectivity index (χ4n) is 2.31. The summed E-state index contributed by atoms with van der Waals surface area (Å²) in [5, 5.41) is 16.9. The predicted molar refractivity (Wildman–Crippen MR) is 87.0 cm³/mol. The summed E-state index contributed by atoms with van der Waals surface area (Å²) in [6.07, 6.45) is 0.372. The van der Waals surface area contributed by atoms with Gasteiger partial charge in [0.1, 0.15) is 4.83 Å². The normalized spacial score (nSPS) is 10.6. The Balaban J connectivity index is 1.80. The van der Waals surface area contributed by atoms with Crippen molar-refractivity contribution in [2.45, 2.75) is 13.3 Å². The lowest BCUT2D eigenvalue weighted by atomic mass is 10.1. The Bertz CT molecular complexity index is 849. The van der Waals surface area contributed by atoms with E-state index in [0.717, 1.165) is 27.2 Å². The van der Waals surface area contributed by atoms with Gasteiger partial charge >= 0.3 is 0 Å². The van der Waals surface area contributed by atoms with E-state index in [1.54, 1.807) is 4.68 Å². The van der Waals surface area contributed by atoms with Crippen molar-refractivity contribution in [2.24, 2.45) is 7.05 Å². The number of benzene rings is 1. The number of amides is 1. The van der Waals surface area contributed by atoms with Gasteiger partial charge in [-0.1, -0.05) is 12.1 Å². The molecule has 6 heteroatoms. The standard InChI is InChI=1S/C16H14N4OS/c1-10-13-9-14(22-16(13)20(2)19-10)15(21)18-12-5-3-11(4-6-12)7-8-17/h3-6,9H,7H2,1-2H3,(H,18,21). The van der Waals surface area contributed by atoms with E-state index in [2.05, 4.69) is 16.5 Å². The molecule has 0 atom stereocenters. The first kappa shape index (κ1) is 14.3. The highest BCUT2D eigenvalue weighted by Crippen LogP contribution is 2.28. The molecule has 1 N–H and O–H groups in total. The molecular formula is C16H14N4OS. The first-order valence-corrected chi connectivity index (χ1v) is 7.60. The van der Waals surface area contributed by atoms with Crippen LogP contribution in [0, 0.1) is 18.3 Å². The summed E-state index contributed by atoms with van der Waals surface area (Å²) in [5.41, 5.74) is 2.58. The maximum Gasteiger partial charge on any atom is 0.265 e. The van der Waals surface area contributed by atoms with Crippen LogP contribution >= 0.6 is 11.3 Å². The van der Waals surface area contributed by atoms with Crippen molar-refractivity contribution in [3.05, 3.63) is 46.5 Å². The second-order valence-corrected chi connectivity index (χ2v) is 6.06. The van der Waals surface area contributed by atoms with Gasteiger partial charge in [0.05, 0.1) is 23.1 Å². The van der Waals surface area contributed by atoms with Gasteiger partial charge in [0.15, 0.2) is 0 Å². The minimum atomic E-state index is -0.131. The molecule has 0 spiro atoms. The Kier molecular flexibility index (Phi) is 3.65. The van der Waals surface area contributed by atoms with Crippen LogP contribution < -0.4 is 5.32 Å². The number of fused-ring (bicyclic) bond motifs is 1. The number of carbonyl (C=O) groups is 1. The van der Waals surface area contributed by atoms with Crippen molar-refractivity contribution in [1.82, 2.24) is 9.78 Å². The summed E-state index contributed by atoms with van der Waals surface area (Å²) < 4.78 is 1.79. The number of anilines is 1. The van der Waals surface area contributed by atoms with Crippen molar-refractivity contribution in [2.75, 3.05) is 5.32 Å². The first-order chi connectivity index (χ1) is 10.6. The molecule has 0 aliphatic carbocycles. The van der Waals surface area contributed by atoms with Crippen LogP contribution in [-0.2, 0) is 13.5 Å². The summed E-state index contributed by atoms with van der Waals surface area (Å²) in [4.78, 5) is 14.0. The minimum Gasteiger partial charge on any atom is -0.321 e. The second-order valence-electron chi connectivity index (χ2n) is 5.02.